The number of rotatable bonds is 6. The summed E-state index contributed by atoms with van der Waals surface area (Å²) >= 11 is 13.8. The number of nitrogens with two attached hydrogens (primary N) is 1. The third-order valence-electron chi connectivity index (χ3n) is 2.90. The number of hydrogen-bond donors (Lipinski definition) is 1. The van der Waals surface area contributed by atoms with Crippen LogP contribution in [0.4, 0.5) is 0 Å². The van der Waals surface area contributed by atoms with Crippen LogP contribution < -0.4 is 15.2 Å². The number of halogens is 2. The maximum atomic E-state index is 6.34. The van der Waals surface area contributed by atoms with Gasteiger partial charge in [0.25, 0.3) is 0 Å². The highest BCUT2D eigenvalue weighted by molar-refractivity contribution is 7.16. The molecular weight excluding hydrogens is 329 g/mol. The molecule has 0 aliphatic heterocycles. The lowest BCUT2D eigenvalue weighted by atomic mass is 10.1. The molecule has 0 saturated heterocycles. The van der Waals surface area contributed by atoms with Crippen LogP contribution in [0, 0.1) is 0 Å². The molecule has 0 spiro atoms. The van der Waals surface area contributed by atoms with E-state index in [1.165, 1.54) is 11.3 Å². The Hall–Kier alpha value is -0.940. The van der Waals surface area contributed by atoms with Crippen LogP contribution in [-0.4, -0.2) is 13.2 Å². The zero-order chi connectivity index (χ0) is 15.4. The minimum atomic E-state index is -0.343. The molecule has 114 valence electrons. The summed E-state index contributed by atoms with van der Waals surface area (Å²) in [7, 11) is 0. The zero-order valence-corrected chi connectivity index (χ0v) is 14.2. The van der Waals surface area contributed by atoms with E-state index >= 15 is 0 Å². The van der Waals surface area contributed by atoms with Crippen molar-refractivity contribution >= 4 is 34.5 Å². The van der Waals surface area contributed by atoms with Crippen LogP contribution in [0.3, 0.4) is 0 Å². The van der Waals surface area contributed by atoms with Gasteiger partial charge in [-0.2, -0.15) is 0 Å². The average Bonchev–Trinajstić information content (AvgIpc) is 2.88. The zero-order valence-electron chi connectivity index (χ0n) is 11.9. The molecule has 0 aliphatic carbocycles. The monoisotopic (exact) mass is 345 g/mol. The first-order valence-corrected chi connectivity index (χ1v) is 8.23. The van der Waals surface area contributed by atoms with E-state index in [2.05, 4.69) is 0 Å². The molecule has 0 bridgehead atoms. The van der Waals surface area contributed by atoms with Gasteiger partial charge in [-0.05, 0) is 37.6 Å². The summed E-state index contributed by atoms with van der Waals surface area (Å²) in [5, 5.41) is 0.555. The first-order chi connectivity index (χ1) is 10.1. The Labute approximate surface area is 138 Å². The molecule has 1 unspecified atom stereocenters. The van der Waals surface area contributed by atoms with Gasteiger partial charge >= 0.3 is 0 Å². The van der Waals surface area contributed by atoms with E-state index in [0.717, 1.165) is 10.4 Å². The van der Waals surface area contributed by atoms with Gasteiger partial charge in [0.05, 0.1) is 23.6 Å². The first kappa shape index (κ1) is 16.4. The molecule has 21 heavy (non-hydrogen) atoms. The molecule has 2 rings (SSSR count). The second-order valence-corrected chi connectivity index (χ2v) is 6.46. The molecule has 1 aromatic carbocycles. The van der Waals surface area contributed by atoms with Crippen LogP contribution in [-0.2, 0) is 0 Å². The largest absolute Gasteiger partial charge is 0.490 e. The highest BCUT2D eigenvalue weighted by Crippen LogP contribution is 2.39. The van der Waals surface area contributed by atoms with Crippen molar-refractivity contribution in [3.8, 4) is 11.5 Å². The van der Waals surface area contributed by atoms with E-state index in [9.17, 15) is 0 Å². The van der Waals surface area contributed by atoms with Gasteiger partial charge < -0.3 is 15.2 Å². The second-order valence-electron chi connectivity index (χ2n) is 4.31. The predicted molar refractivity (Wildman–Crippen MR) is 89.1 cm³/mol. The van der Waals surface area contributed by atoms with Crippen LogP contribution in [0.25, 0.3) is 0 Å². The van der Waals surface area contributed by atoms with Crippen LogP contribution in [0.5, 0.6) is 11.5 Å². The summed E-state index contributed by atoms with van der Waals surface area (Å²) < 4.78 is 11.9. The van der Waals surface area contributed by atoms with Gasteiger partial charge in [-0.15, -0.1) is 11.3 Å². The Bertz CT molecular complexity index is 616. The predicted octanol–water partition coefficient (Wildman–Crippen LogP) is 4.90. The van der Waals surface area contributed by atoms with Crippen molar-refractivity contribution < 1.29 is 9.47 Å². The van der Waals surface area contributed by atoms with E-state index in [4.69, 9.17) is 38.4 Å². The molecule has 3 nitrogen and oxygen atoms in total. The van der Waals surface area contributed by atoms with Crippen molar-refractivity contribution in [1.82, 2.24) is 0 Å². The number of ether oxygens (including phenoxy) is 2. The lowest BCUT2D eigenvalue weighted by Gasteiger charge is -2.17. The molecule has 1 atom stereocenters. The molecule has 1 heterocycles. The van der Waals surface area contributed by atoms with Gasteiger partial charge in [0, 0.05) is 16.0 Å². The quantitative estimate of drug-likeness (QED) is 0.809. The lowest BCUT2D eigenvalue weighted by Crippen LogP contribution is -2.11. The van der Waals surface area contributed by atoms with Crippen molar-refractivity contribution in [1.29, 1.82) is 0 Å². The van der Waals surface area contributed by atoms with E-state index < -0.39 is 0 Å². The van der Waals surface area contributed by atoms with Gasteiger partial charge in [-0.1, -0.05) is 23.2 Å². The first-order valence-electron chi connectivity index (χ1n) is 6.66. The van der Waals surface area contributed by atoms with Gasteiger partial charge in [0.15, 0.2) is 11.5 Å². The van der Waals surface area contributed by atoms with Crippen molar-refractivity contribution in [2.24, 2.45) is 5.73 Å². The normalized spacial score (nSPS) is 12.2. The second kappa shape index (κ2) is 7.36. The third-order valence-corrected chi connectivity index (χ3v) is 4.54. The van der Waals surface area contributed by atoms with Crippen molar-refractivity contribution in [2.45, 2.75) is 19.9 Å². The minimum absolute atomic E-state index is 0.343. The van der Waals surface area contributed by atoms with Gasteiger partial charge in [-0.3, -0.25) is 0 Å². The SMILES string of the molecule is CCOc1cc(Cl)c(C(N)c2ccc(Cl)s2)cc1OCC. The van der Waals surface area contributed by atoms with Crippen molar-refractivity contribution in [2.75, 3.05) is 13.2 Å². The Morgan fingerprint density at radius 3 is 2.24 bits per heavy atom. The summed E-state index contributed by atoms with van der Waals surface area (Å²) in [6, 6.07) is 6.98. The van der Waals surface area contributed by atoms with Crippen molar-refractivity contribution in [3.05, 3.63) is 44.1 Å². The molecule has 2 aromatic rings. The Kier molecular flexibility index (Phi) is 5.76. The smallest absolute Gasteiger partial charge is 0.162 e. The molecule has 1 aromatic heterocycles. The molecular formula is C15H17Cl2NO2S. The van der Waals surface area contributed by atoms with E-state index in [-0.39, 0.29) is 6.04 Å². The fourth-order valence-electron chi connectivity index (χ4n) is 1.97. The van der Waals surface area contributed by atoms with Crippen molar-refractivity contribution in [3.63, 3.8) is 0 Å². The van der Waals surface area contributed by atoms with E-state index in [1.807, 2.05) is 32.0 Å². The summed E-state index contributed by atoms with van der Waals surface area (Å²) in [5.41, 5.74) is 7.08. The summed E-state index contributed by atoms with van der Waals surface area (Å²) in [4.78, 5) is 0.952. The minimum Gasteiger partial charge on any atom is -0.490 e. The fraction of sp³-hybridized carbons (Fsp3) is 0.333. The molecule has 0 saturated carbocycles. The van der Waals surface area contributed by atoms with Crippen LogP contribution in [0.2, 0.25) is 9.36 Å². The molecule has 0 radical (unpaired) electrons. The standard InChI is InChI=1S/C15H17Cl2NO2S/c1-3-19-11-7-9(10(16)8-12(11)20-4-2)15(18)13-5-6-14(17)21-13/h5-8,15H,3-4,18H2,1-2H3. The third kappa shape index (κ3) is 3.83. The number of thiophene rings is 1. The molecule has 0 amide bonds. The number of hydrogen-bond acceptors (Lipinski definition) is 4. The van der Waals surface area contributed by atoms with Gasteiger partial charge in [-0.25, -0.2) is 0 Å². The van der Waals surface area contributed by atoms with Gasteiger partial charge in [0.1, 0.15) is 0 Å². The Morgan fingerprint density at radius 1 is 1.10 bits per heavy atom. The molecule has 6 heteroatoms. The summed E-state index contributed by atoms with van der Waals surface area (Å²) in [5.74, 6) is 1.28. The lowest BCUT2D eigenvalue weighted by molar-refractivity contribution is 0.287. The van der Waals surface area contributed by atoms with E-state index in [1.54, 1.807) is 6.07 Å². The molecule has 0 fully saturated rings. The summed E-state index contributed by atoms with van der Waals surface area (Å²) in [6.07, 6.45) is 0. The maximum absolute atomic E-state index is 6.34. The Balaban J connectivity index is 2.40. The van der Waals surface area contributed by atoms with Crippen LogP contribution in [0.15, 0.2) is 24.3 Å². The van der Waals surface area contributed by atoms with E-state index in [0.29, 0.717) is 34.1 Å². The number of benzene rings is 1. The summed E-state index contributed by atoms with van der Waals surface area (Å²) in [6.45, 7) is 4.92. The Morgan fingerprint density at radius 2 is 1.71 bits per heavy atom. The van der Waals surface area contributed by atoms with Crippen LogP contribution in [0.1, 0.15) is 30.3 Å². The average molecular weight is 346 g/mol. The fourth-order valence-corrected chi connectivity index (χ4v) is 3.33. The molecule has 0 aliphatic rings. The highest BCUT2D eigenvalue weighted by atomic mass is 35.5. The highest BCUT2D eigenvalue weighted by Gasteiger charge is 2.18. The van der Waals surface area contributed by atoms with Gasteiger partial charge in [0.2, 0.25) is 0 Å². The topological polar surface area (TPSA) is 44.5 Å². The van der Waals surface area contributed by atoms with Crippen LogP contribution >= 0.6 is 34.5 Å². The maximum Gasteiger partial charge on any atom is 0.162 e. The molecule has 2 N–H and O–H groups in total.